The maximum Gasteiger partial charge on any atom is 0.238 e. The second kappa shape index (κ2) is 9.90. The van der Waals surface area contributed by atoms with Gasteiger partial charge in [-0.2, -0.15) is 0 Å². The molecule has 0 aliphatic heterocycles. The van der Waals surface area contributed by atoms with Crippen molar-refractivity contribution < 1.29 is 9.59 Å². The summed E-state index contributed by atoms with van der Waals surface area (Å²) in [6.45, 7) is 4.71. The van der Waals surface area contributed by atoms with Crippen molar-refractivity contribution in [1.29, 1.82) is 0 Å². The van der Waals surface area contributed by atoms with Crippen LogP contribution in [-0.4, -0.2) is 50.9 Å². The van der Waals surface area contributed by atoms with Crippen LogP contribution in [0.2, 0.25) is 0 Å². The third kappa shape index (κ3) is 6.39. The largest absolute Gasteiger partial charge is 0.378 e. The van der Waals surface area contributed by atoms with Crippen LogP contribution in [0, 0.1) is 13.8 Å². The summed E-state index contributed by atoms with van der Waals surface area (Å²) in [5.74, 6) is -0.244. The van der Waals surface area contributed by atoms with Crippen LogP contribution in [0.3, 0.4) is 0 Å². The van der Waals surface area contributed by atoms with E-state index in [-0.39, 0.29) is 24.9 Å². The van der Waals surface area contributed by atoms with E-state index >= 15 is 0 Å². The van der Waals surface area contributed by atoms with Gasteiger partial charge in [0.25, 0.3) is 0 Å². The first-order chi connectivity index (χ1) is 13.3. The zero-order valence-corrected chi connectivity index (χ0v) is 17.4. The van der Waals surface area contributed by atoms with Crippen LogP contribution in [0.15, 0.2) is 42.5 Å². The Morgan fingerprint density at radius 3 is 2.00 bits per heavy atom. The minimum atomic E-state index is -0.132. The highest BCUT2D eigenvalue weighted by Gasteiger charge is 2.12. The Balaban J connectivity index is 1.78. The first-order valence-corrected chi connectivity index (χ1v) is 9.34. The van der Waals surface area contributed by atoms with Gasteiger partial charge in [-0.3, -0.25) is 14.5 Å². The number of para-hydroxylation sites is 1. The zero-order chi connectivity index (χ0) is 20.7. The Kier molecular flexibility index (Phi) is 7.58. The molecule has 0 fully saturated rings. The van der Waals surface area contributed by atoms with Crippen LogP contribution in [0.1, 0.15) is 16.7 Å². The normalized spacial score (nSPS) is 10.6. The molecule has 0 aliphatic carbocycles. The Morgan fingerprint density at radius 1 is 0.857 bits per heavy atom. The molecule has 2 aromatic carbocycles. The van der Waals surface area contributed by atoms with Gasteiger partial charge < -0.3 is 15.5 Å². The molecule has 0 unspecified atom stereocenters. The van der Waals surface area contributed by atoms with Crippen molar-refractivity contribution in [3.05, 3.63) is 59.2 Å². The summed E-state index contributed by atoms with van der Waals surface area (Å²) in [7, 11) is 5.74. The number of nitrogens with one attached hydrogen (secondary N) is 2. The average Bonchev–Trinajstić information content (AvgIpc) is 2.63. The highest BCUT2D eigenvalue weighted by Crippen LogP contribution is 2.19. The SMILES string of the molecule is Cc1cccc(C)c1NC(=O)CN(C)CC(=O)NCc1ccc(N(C)C)cc1. The number of anilines is 2. The molecule has 0 spiro atoms. The lowest BCUT2D eigenvalue weighted by Crippen LogP contribution is -2.38. The molecule has 2 N–H and O–H groups in total. The summed E-state index contributed by atoms with van der Waals surface area (Å²) in [6, 6.07) is 13.9. The third-order valence-corrected chi connectivity index (χ3v) is 4.52. The van der Waals surface area contributed by atoms with Crippen LogP contribution in [-0.2, 0) is 16.1 Å². The molecule has 28 heavy (non-hydrogen) atoms. The molecular formula is C22H30N4O2. The molecule has 6 heteroatoms. The molecule has 0 saturated heterocycles. The van der Waals surface area contributed by atoms with E-state index in [1.165, 1.54) is 0 Å². The predicted octanol–water partition coefficient (Wildman–Crippen LogP) is 2.56. The van der Waals surface area contributed by atoms with E-state index in [2.05, 4.69) is 10.6 Å². The van der Waals surface area contributed by atoms with Crippen LogP contribution in [0.25, 0.3) is 0 Å². The number of amides is 2. The first-order valence-electron chi connectivity index (χ1n) is 9.34. The number of hydrogen-bond acceptors (Lipinski definition) is 4. The number of benzene rings is 2. The van der Waals surface area contributed by atoms with Crippen molar-refractivity contribution in [3.8, 4) is 0 Å². The fourth-order valence-electron chi connectivity index (χ4n) is 2.91. The number of likely N-dealkylation sites (N-methyl/N-ethyl adjacent to an activating group) is 1. The summed E-state index contributed by atoms with van der Waals surface area (Å²) < 4.78 is 0. The van der Waals surface area contributed by atoms with Gasteiger partial charge in [0.2, 0.25) is 11.8 Å². The van der Waals surface area contributed by atoms with Gasteiger partial charge in [-0.25, -0.2) is 0 Å². The second-order valence-corrected chi connectivity index (χ2v) is 7.32. The predicted molar refractivity (Wildman–Crippen MR) is 115 cm³/mol. The molecule has 150 valence electrons. The van der Waals surface area contributed by atoms with Crippen LogP contribution >= 0.6 is 0 Å². The van der Waals surface area contributed by atoms with Crippen molar-refractivity contribution in [1.82, 2.24) is 10.2 Å². The molecule has 0 radical (unpaired) electrons. The van der Waals surface area contributed by atoms with Crippen molar-refractivity contribution in [3.63, 3.8) is 0 Å². The summed E-state index contributed by atoms with van der Waals surface area (Å²) >= 11 is 0. The number of rotatable bonds is 8. The third-order valence-electron chi connectivity index (χ3n) is 4.52. The maximum atomic E-state index is 12.3. The Hall–Kier alpha value is -2.86. The first kappa shape index (κ1) is 21.4. The molecule has 2 amide bonds. The number of carbonyl (C=O) groups excluding carboxylic acids is 2. The molecule has 0 atom stereocenters. The van der Waals surface area contributed by atoms with E-state index in [9.17, 15) is 9.59 Å². The monoisotopic (exact) mass is 382 g/mol. The number of nitrogens with zero attached hydrogens (tertiary/aromatic N) is 2. The van der Waals surface area contributed by atoms with Crippen molar-refractivity contribution in [2.75, 3.05) is 44.4 Å². The fourth-order valence-corrected chi connectivity index (χ4v) is 2.91. The van der Waals surface area contributed by atoms with Gasteiger partial charge in [-0.15, -0.1) is 0 Å². The second-order valence-electron chi connectivity index (χ2n) is 7.32. The molecule has 6 nitrogen and oxygen atoms in total. The van der Waals surface area contributed by atoms with Gasteiger partial charge >= 0.3 is 0 Å². The molecule has 0 aromatic heterocycles. The lowest BCUT2D eigenvalue weighted by atomic mass is 10.1. The molecule has 2 rings (SSSR count). The lowest BCUT2D eigenvalue weighted by molar-refractivity contribution is -0.123. The number of carbonyl (C=O) groups is 2. The smallest absolute Gasteiger partial charge is 0.238 e. The standard InChI is InChI=1S/C22H30N4O2/c1-16-7-6-8-17(2)22(16)24-21(28)15-26(5)14-20(27)23-13-18-9-11-19(12-10-18)25(3)4/h6-12H,13-15H2,1-5H3,(H,23,27)(H,24,28). The Morgan fingerprint density at radius 2 is 1.43 bits per heavy atom. The Labute approximate surface area is 167 Å². The molecule has 0 aliphatic rings. The topological polar surface area (TPSA) is 64.7 Å². The molecule has 2 aromatic rings. The van der Waals surface area contributed by atoms with Gasteiger partial charge in [-0.1, -0.05) is 30.3 Å². The minimum Gasteiger partial charge on any atom is -0.378 e. The molecular weight excluding hydrogens is 352 g/mol. The molecule has 0 saturated carbocycles. The van der Waals surface area contributed by atoms with Crippen molar-refractivity contribution >= 4 is 23.2 Å². The average molecular weight is 383 g/mol. The minimum absolute atomic E-state index is 0.112. The maximum absolute atomic E-state index is 12.3. The quantitative estimate of drug-likeness (QED) is 0.737. The number of aryl methyl sites for hydroxylation is 2. The van der Waals surface area contributed by atoms with Crippen LogP contribution in [0.5, 0.6) is 0 Å². The van der Waals surface area contributed by atoms with E-state index in [0.29, 0.717) is 6.54 Å². The fraction of sp³-hybridized carbons (Fsp3) is 0.364. The summed E-state index contributed by atoms with van der Waals surface area (Å²) in [6.07, 6.45) is 0. The van der Waals surface area contributed by atoms with Gasteiger partial charge in [0, 0.05) is 32.0 Å². The highest BCUT2D eigenvalue weighted by molar-refractivity contribution is 5.94. The van der Waals surface area contributed by atoms with Gasteiger partial charge in [0.05, 0.1) is 13.1 Å². The van der Waals surface area contributed by atoms with E-state index in [0.717, 1.165) is 28.1 Å². The van der Waals surface area contributed by atoms with Crippen LogP contribution < -0.4 is 15.5 Å². The molecule has 0 bridgehead atoms. The van der Waals surface area contributed by atoms with Crippen molar-refractivity contribution in [2.24, 2.45) is 0 Å². The van der Waals surface area contributed by atoms with Crippen molar-refractivity contribution in [2.45, 2.75) is 20.4 Å². The van der Waals surface area contributed by atoms with E-state index in [1.54, 1.807) is 11.9 Å². The Bertz CT molecular complexity index is 796. The van der Waals surface area contributed by atoms with Crippen LogP contribution in [0.4, 0.5) is 11.4 Å². The lowest BCUT2D eigenvalue weighted by Gasteiger charge is -2.17. The molecule has 0 heterocycles. The van der Waals surface area contributed by atoms with Gasteiger partial charge in [-0.05, 0) is 49.7 Å². The van der Waals surface area contributed by atoms with E-state index in [4.69, 9.17) is 0 Å². The summed E-state index contributed by atoms with van der Waals surface area (Å²) in [5.41, 5.74) is 5.04. The summed E-state index contributed by atoms with van der Waals surface area (Å²) in [5, 5.41) is 5.83. The zero-order valence-electron chi connectivity index (χ0n) is 17.4. The van der Waals surface area contributed by atoms with Gasteiger partial charge in [0.1, 0.15) is 0 Å². The highest BCUT2D eigenvalue weighted by atomic mass is 16.2. The number of hydrogen-bond donors (Lipinski definition) is 2. The summed E-state index contributed by atoms with van der Waals surface area (Å²) in [4.78, 5) is 28.2. The van der Waals surface area contributed by atoms with E-state index < -0.39 is 0 Å². The van der Waals surface area contributed by atoms with E-state index in [1.807, 2.05) is 75.3 Å². The van der Waals surface area contributed by atoms with Gasteiger partial charge in [0.15, 0.2) is 0 Å².